The lowest BCUT2D eigenvalue weighted by molar-refractivity contribution is 0.0953. The van der Waals surface area contributed by atoms with E-state index in [0.717, 1.165) is 5.52 Å². The number of aromatic nitrogens is 1. The zero-order valence-electron chi connectivity index (χ0n) is 20.2. The van der Waals surface area contributed by atoms with Crippen molar-refractivity contribution in [1.29, 1.82) is 0 Å². The minimum atomic E-state index is -0.491. The van der Waals surface area contributed by atoms with E-state index in [2.05, 4.69) is 10.5 Å². The molecule has 36 heavy (non-hydrogen) atoms. The average molecular weight is 490 g/mol. The number of halogens is 1. The third-order valence-electron chi connectivity index (χ3n) is 5.74. The number of methoxy groups -OCH3 is 3. The van der Waals surface area contributed by atoms with Gasteiger partial charge in [0.2, 0.25) is 11.5 Å². The van der Waals surface area contributed by atoms with Gasteiger partial charge in [0.1, 0.15) is 5.82 Å². The molecule has 2 aromatic heterocycles. The molecule has 4 rings (SSSR count). The predicted octanol–water partition coefficient (Wildman–Crippen LogP) is 4.41. The van der Waals surface area contributed by atoms with Crippen molar-refractivity contribution in [3.8, 4) is 17.2 Å². The van der Waals surface area contributed by atoms with E-state index in [4.69, 9.17) is 14.2 Å². The van der Waals surface area contributed by atoms with Crippen LogP contribution in [0, 0.1) is 12.7 Å². The van der Waals surface area contributed by atoms with Gasteiger partial charge in [-0.15, -0.1) is 0 Å². The first-order valence-corrected chi connectivity index (χ1v) is 10.9. The van der Waals surface area contributed by atoms with Crippen molar-refractivity contribution in [2.75, 3.05) is 21.3 Å². The second-order valence-corrected chi connectivity index (χ2v) is 7.79. The van der Waals surface area contributed by atoms with Crippen molar-refractivity contribution in [3.05, 3.63) is 94.6 Å². The van der Waals surface area contributed by atoms with Crippen LogP contribution in [0.15, 0.2) is 65.9 Å². The number of amides is 1. The van der Waals surface area contributed by atoms with Crippen molar-refractivity contribution < 1.29 is 28.2 Å². The largest absolute Gasteiger partial charge is 0.493 e. The lowest BCUT2D eigenvalue weighted by Gasteiger charge is -2.13. The maximum absolute atomic E-state index is 13.4. The van der Waals surface area contributed by atoms with Crippen LogP contribution < -0.4 is 19.6 Å². The third kappa shape index (κ3) is 4.50. The Labute approximate surface area is 206 Å². The van der Waals surface area contributed by atoms with Crippen LogP contribution in [0.4, 0.5) is 4.39 Å². The van der Waals surface area contributed by atoms with Crippen LogP contribution in [0.25, 0.3) is 5.52 Å². The molecule has 8 nitrogen and oxygen atoms in total. The first kappa shape index (κ1) is 24.5. The summed E-state index contributed by atoms with van der Waals surface area (Å²) in [6.45, 7) is 1.80. The Kier molecular flexibility index (Phi) is 7.00. The normalized spacial score (nSPS) is 11.0. The van der Waals surface area contributed by atoms with Crippen LogP contribution in [0.1, 0.15) is 37.5 Å². The number of nitrogens with one attached hydrogen (secondary N) is 1. The molecule has 0 saturated carbocycles. The fraction of sp³-hybridized carbons (Fsp3) is 0.148. The Balaban J connectivity index is 1.65. The van der Waals surface area contributed by atoms with E-state index in [1.54, 1.807) is 23.6 Å². The van der Waals surface area contributed by atoms with Gasteiger partial charge in [0.15, 0.2) is 11.5 Å². The molecule has 0 aliphatic rings. The molecule has 0 radical (unpaired) electrons. The molecule has 2 aromatic carbocycles. The van der Waals surface area contributed by atoms with Gasteiger partial charge in [-0.05, 0) is 61.0 Å². The molecular weight excluding hydrogens is 465 g/mol. The summed E-state index contributed by atoms with van der Waals surface area (Å²) >= 11 is 0. The second-order valence-electron chi connectivity index (χ2n) is 7.79. The third-order valence-corrected chi connectivity index (χ3v) is 5.74. The molecule has 0 spiro atoms. The van der Waals surface area contributed by atoms with E-state index in [9.17, 15) is 14.0 Å². The zero-order valence-corrected chi connectivity index (χ0v) is 20.2. The lowest BCUT2D eigenvalue weighted by atomic mass is 10.0. The molecule has 0 unspecified atom stereocenters. The summed E-state index contributed by atoms with van der Waals surface area (Å²) in [6.07, 6.45) is 3.26. The smallest absolute Gasteiger partial charge is 0.271 e. The maximum Gasteiger partial charge on any atom is 0.271 e. The zero-order chi connectivity index (χ0) is 25.8. The molecule has 1 N–H and O–H groups in total. The Hall–Kier alpha value is -4.66. The topological polar surface area (TPSA) is 90.6 Å². The van der Waals surface area contributed by atoms with E-state index in [1.807, 2.05) is 12.1 Å². The molecule has 0 saturated heterocycles. The van der Waals surface area contributed by atoms with E-state index < -0.39 is 11.7 Å². The number of pyridine rings is 1. The van der Waals surface area contributed by atoms with Crippen molar-refractivity contribution in [2.45, 2.75) is 6.92 Å². The summed E-state index contributed by atoms with van der Waals surface area (Å²) < 4.78 is 31.0. The van der Waals surface area contributed by atoms with Gasteiger partial charge in [0.25, 0.3) is 5.91 Å². The lowest BCUT2D eigenvalue weighted by Crippen LogP contribution is -2.18. The van der Waals surface area contributed by atoms with Crippen LogP contribution in [-0.2, 0) is 0 Å². The summed E-state index contributed by atoms with van der Waals surface area (Å²) in [4.78, 5) is 26.0. The van der Waals surface area contributed by atoms with Crippen LogP contribution in [0.3, 0.4) is 0 Å². The minimum absolute atomic E-state index is 0.255. The molecule has 0 atom stereocenters. The molecule has 0 bridgehead atoms. The van der Waals surface area contributed by atoms with Gasteiger partial charge < -0.3 is 18.6 Å². The Morgan fingerprint density at radius 2 is 1.61 bits per heavy atom. The van der Waals surface area contributed by atoms with Crippen LogP contribution in [-0.4, -0.2) is 43.6 Å². The van der Waals surface area contributed by atoms with Crippen molar-refractivity contribution in [1.82, 2.24) is 9.83 Å². The highest BCUT2D eigenvalue weighted by Gasteiger charge is 2.21. The Morgan fingerprint density at radius 3 is 2.22 bits per heavy atom. The minimum Gasteiger partial charge on any atom is -0.493 e. The molecule has 2 heterocycles. The van der Waals surface area contributed by atoms with Gasteiger partial charge in [-0.3, -0.25) is 9.59 Å². The molecule has 4 aromatic rings. The number of hydrazone groups is 1. The van der Waals surface area contributed by atoms with Crippen LogP contribution >= 0.6 is 0 Å². The number of benzene rings is 2. The van der Waals surface area contributed by atoms with Gasteiger partial charge in [-0.1, -0.05) is 6.07 Å². The summed E-state index contributed by atoms with van der Waals surface area (Å²) in [5.74, 6) is -0.120. The molecule has 184 valence electrons. The predicted molar refractivity (Wildman–Crippen MR) is 133 cm³/mol. The highest BCUT2D eigenvalue weighted by molar-refractivity contribution is 6.12. The monoisotopic (exact) mass is 489 g/mol. The number of nitrogens with zero attached hydrogens (tertiary/aromatic N) is 2. The van der Waals surface area contributed by atoms with Crippen molar-refractivity contribution >= 4 is 23.4 Å². The fourth-order valence-electron chi connectivity index (χ4n) is 3.97. The number of hydrogen-bond acceptors (Lipinski definition) is 6. The highest BCUT2D eigenvalue weighted by Crippen LogP contribution is 2.38. The summed E-state index contributed by atoms with van der Waals surface area (Å²) in [5, 5.41) is 4.13. The van der Waals surface area contributed by atoms with Gasteiger partial charge in [-0.25, -0.2) is 9.82 Å². The second kappa shape index (κ2) is 10.3. The number of fused-ring (bicyclic) bond motifs is 1. The number of ketones is 1. The number of carbonyl (C=O) groups is 2. The number of carbonyl (C=O) groups excluding carboxylic acids is 2. The molecule has 0 fully saturated rings. The van der Waals surface area contributed by atoms with Gasteiger partial charge >= 0.3 is 0 Å². The van der Waals surface area contributed by atoms with Crippen molar-refractivity contribution in [2.24, 2.45) is 5.10 Å². The van der Waals surface area contributed by atoms with Crippen LogP contribution in [0.2, 0.25) is 0 Å². The number of ether oxygens (including phenoxy) is 3. The fourth-order valence-corrected chi connectivity index (χ4v) is 3.97. The molecule has 0 aliphatic heterocycles. The van der Waals surface area contributed by atoms with Gasteiger partial charge in [0.05, 0.1) is 38.8 Å². The molecule has 0 aliphatic carbocycles. The Morgan fingerprint density at radius 1 is 0.944 bits per heavy atom. The quantitative estimate of drug-likeness (QED) is 0.225. The molecular formula is C27H24FN3O5. The summed E-state index contributed by atoms with van der Waals surface area (Å²) in [7, 11) is 4.40. The number of rotatable bonds is 8. The van der Waals surface area contributed by atoms with Crippen molar-refractivity contribution in [3.63, 3.8) is 0 Å². The summed E-state index contributed by atoms with van der Waals surface area (Å²) in [5.41, 5.74) is 5.60. The first-order chi connectivity index (χ1) is 17.4. The van der Waals surface area contributed by atoms with Gasteiger partial charge in [-0.2, -0.15) is 5.10 Å². The van der Waals surface area contributed by atoms with Crippen LogP contribution in [0.5, 0.6) is 17.2 Å². The van der Waals surface area contributed by atoms with E-state index in [0.29, 0.717) is 39.6 Å². The highest BCUT2D eigenvalue weighted by atomic mass is 19.1. The standard InChI is InChI=1S/C27H24FN3O5/c1-16-20(15-29-30-27(33)18-13-22(34-2)26(36-4)23(14-18)35-3)21-7-5-6-12-31(21)24(16)25(32)17-8-10-19(28)11-9-17/h5-15H,1-4H3,(H,30,33)/b29-15-. The SMILES string of the molecule is COc1cc(C(=O)N/N=C\c2c(C)c(C(=O)c3ccc(F)cc3)n3ccccc23)cc(OC)c1OC. The molecule has 9 heteroatoms. The first-order valence-electron chi connectivity index (χ1n) is 10.9. The van der Waals surface area contributed by atoms with E-state index in [-0.39, 0.29) is 11.3 Å². The van der Waals surface area contributed by atoms with Gasteiger partial charge in [0, 0.05) is 22.9 Å². The maximum atomic E-state index is 13.4. The molecule has 1 amide bonds. The van der Waals surface area contributed by atoms with E-state index >= 15 is 0 Å². The van der Waals surface area contributed by atoms with E-state index in [1.165, 1.54) is 63.9 Å². The average Bonchev–Trinajstić information content (AvgIpc) is 3.18. The Bertz CT molecular complexity index is 1450. The number of hydrogen-bond donors (Lipinski definition) is 1. The summed E-state index contributed by atoms with van der Waals surface area (Å²) in [6, 6.07) is 13.9.